The molecule has 2 aliphatic carbocycles. The molecule has 1 aliphatic heterocycles. The average molecular weight is 415 g/mol. The van der Waals surface area contributed by atoms with Crippen LogP contribution in [-0.2, 0) is 21.0 Å². The summed E-state index contributed by atoms with van der Waals surface area (Å²) in [6.07, 6.45) is -0.674. The third-order valence-electron chi connectivity index (χ3n) is 6.71. The molecule has 1 saturated heterocycles. The van der Waals surface area contributed by atoms with E-state index >= 15 is 0 Å². The molecule has 0 bridgehead atoms. The number of hydrogen-bond donors (Lipinski definition) is 2. The third-order valence-corrected chi connectivity index (χ3v) is 6.71. The van der Waals surface area contributed by atoms with Gasteiger partial charge in [-0.1, -0.05) is 35.5 Å². The molecule has 3 fully saturated rings. The lowest BCUT2D eigenvalue weighted by Gasteiger charge is -2.45. The van der Waals surface area contributed by atoms with Crippen LogP contribution in [-0.4, -0.2) is 50.4 Å². The van der Waals surface area contributed by atoms with Crippen molar-refractivity contribution in [2.24, 2.45) is 28.8 Å². The fourth-order valence-electron chi connectivity index (χ4n) is 5.40. The van der Waals surface area contributed by atoms with E-state index in [1.54, 1.807) is 0 Å². The highest BCUT2D eigenvalue weighted by atomic mass is 16.6. The van der Waals surface area contributed by atoms with Crippen LogP contribution in [0.4, 0.5) is 0 Å². The molecule has 7 nitrogen and oxygen atoms in total. The van der Waals surface area contributed by atoms with E-state index in [4.69, 9.17) is 4.84 Å². The molecular formula is C23H30N2O5. The largest absolute Gasteiger partial charge is 0.391 e. The van der Waals surface area contributed by atoms with E-state index in [9.17, 15) is 19.8 Å². The number of carbonyl (C=O) groups is 2. The number of fused-ring (bicyclic) bond motifs is 3. The van der Waals surface area contributed by atoms with Gasteiger partial charge in [0.25, 0.3) is 0 Å². The van der Waals surface area contributed by atoms with Gasteiger partial charge in [-0.05, 0) is 39.2 Å². The van der Waals surface area contributed by atoms with Crippen molar-refractivity contribution < 1.29 is 24.6 Å². The molecule has 2 N–H and O–H groups in total. The zero-order valence-electron chi connectivity index (χ0n) is 17.7. The van der Waals surface area contributed by atoms with E-state index in [0.29, 0.717) is 25.2 Å². The number of aliphatic hydroxyl groups is 2. The van der Waals surface area contributed by atoms with Crippen LogP contribution < -0.4 is 0 Å². The minimum Gasteiger partial charge on any atom is -0.391 e. The van der Waals surface area contributed by atoms with Gasteiger partial charge < -0.3 is 15.1 Å². The van der Waals surface area contributed by atoms with Crippen LogP contribution in [0.15, 0.2) is 35.5 Å². The molecule has 2 saturated carbocycles. The Morgan fingerprint density at radius 1 is 1.07 bits per heavy atom. The van der Waals surface area contributed by atoms with Gasteiger partial charge in [-0.2, -0.15) is 0 Å². The van der Waals surface area contributed by atoms with Gasteiger partial charge in [0.15, 0.2) is 0 Å². The Kier molecular flexibility index (Phi) is 5.45. The minimum atomic E-state index is -1.06. The number of amides is 2. The van der Waals surface area contributed by atoms with Gasteiger partial charge in [-0.25, -0.2) is 0 Å². The molecule has 1 heterocycles. The quantitative estimate of drug-likeness (QED) is 0.583. The summed E-state index contributed by atoms with van der Waals surface area (Å²) < 4.78 is 0. The van der Waals surface area contributed by atoms with Gasteiger partial charge in [0.1, 0.15) is 6.61 Å². The number of imide groups is 1. The normalized spacial score (nSPS) is 35.4. The fourth-order valence-corrected chi connectivity index (χ4v) is 5.40. The Balaban J connectivity index is 1.59. The first-order valence-corrected chi connectivity index (χ1v) is 10.7. The molecule has 30 heavy (non-hydrogen) atoms. The van der Waals surface area contributed by atoms with Crippen LogP contribution >= 0.6 is 0 Å². The van der Waals surface area contributed by atoms with Crippen molar-refractivity contribution in [1.29, 1.82) is 0 Å². The number of oxime groups is 1. The van der Waals surface area contributed by atoms with Crippen molar-refractivity contribution >= 4 is 17.5 Å². The zero-order valence-corrected chi connectivity index (χ0v) is 17.7. The second-order valence-electron chi connectivity index (χ2n) is 9.68. The number of aliphatic hydroxyl groups excluding tert-OH is 2. The Labute approximate surface area is 176 Å². The molecule has 1 aromatic carbocycles. The predicted octanol–water partition coefficient (Wildman–Crippen LogP) is 2.11. The molecule has 0 spiro atoms. The minimum absolute atomic E-state index is 0.165. The van der Waals surface area contributed by atoms with Crippen LogP contribution in [0.3, 0.4) is 0 Å². The van der Waals surface area contributed by atoms with Gasteiger partial charge in [-0.15, -0.1) is 0 Å². The molecule has 0 radical (unpaired) electrons. The van der Waals surface area contributed by atoms with Crippen molar-refractivity contribution in [3.63, 3.8) is 0 Å². The maximum atomic E-state index is 13.3. The lowest BCUT2D eigenvalue weighted by Crippen LogP contribution is -2.55. The highest BCUT2D eigenvalue weighted by molar-refractivity contribution is 6.06. The number of likely N-dealkylation sites (tertiary alicyclic amines) is 1. The van der Waals surface area contributed by atoms with Crippen molar-refractivity contribution in [2.75, 3.05) is 0 Å². The fraction of sp³-hybridized carbons (Fsp3) is 0.609. The predicted molar refractivity (Wildman–Crippen MR) is 110 cm³/mol. The Morgan fingerprint density at radius 2 is 1.73 bits per heavy atom. The number of benzene rings is 1. The summed E-state index contributed by atoms with van der Waals surface area (Å²) in [4.78, 5) is 33.1. The van der Waals surface area contributed by atoms with E-state index < -0.39 is 35.5 Å². The monoisotopic (exact) mass is 414 g/mol. The lowest BCUT2D eigenvalue weighted by atomic mass is 9.60. The van der Waals surface area contributed by atoms with E-state index in [1.807, 2.05) is 51.1 Å². The van der Waals surface area contributed by atoms with Crippen molar-refractivity contribution in [2.45, 2.75) is 64.4 Å². The number of nitrogens with zero attached hydrogens (tertiary/aromatic N) is 2. The van der Waals surface area contributed by atoms with Gasteiger partial charge in [0.05, 0.1) is 29.8 Å². The SMILES string of the molecule is CC(C)(C)N1C(=O)[C@H]2[C@H]3[C@H](O)[C@H](O)CC(=NOCc4ccccc4)[C@H]3CC[C@H]2C1=O. The van der Waals surface area contributed by atoms with Crippen molar-refractivity contribution in [1.82, 2.24) is 4.90 Å². The Morgan fingerprint density at radius 3 is 2.40 bits per heavy atom. The van der Waals surface area contributed by atoms with E-state index in [0.717, 1.165) is 5.56 Å². The summed E-state index contributed by atoms with van der Waals surface area (Å²) in [5, 5.41) is 25.6. The number of hydrogen-bond acceptors (Lipinski definition) is 6. The topological polar surface area (TPSA) is 99.4 Å². The van der Waals surface area contributed by atoms with E-state index in [-0.39, 0.29) is 24.2 Å². The molecule has 1 aromatic rings. The summed E-state index contributed by atoms with van der Waals surface area (Å²) in [5.41, 5.74) is 1.03. The van der Waals surface area contributed by atoms with Crippen molar-refractivity contribution in [3.05, 3.63) is 35.9 Å². The summed E-state index contributed by atoms with van der Waals surface area (Å²) in [7, 11) is 0. The van der Waals surface area contributed by atoms with Gasteiger partial charge in [-0.3, -0.25) is 14.5 Å². The molecule has 7 heteroatoms. The molecule has 4 rings (SSSR count). The van der Waals surface area contributed by atoms with Crippen LogP contribution in [0.25, 0.3) is 0 Å². The van der Waals surface area contributed by atoms with Gasteiger partial charge >= 0.3 is 0 Å². The highest BCUT2D eigenvalue weighted by Gasteiger charge is 2.61. The lowest BCUT2D eigenvalue weighted by molar-refractivity contribution is -0.146. The Bertz CT molecular complexity index is 847. The smallest absolute Gasteiger partial charge is 0.233 e. The maximum Gasteiger partial charge on any atom is 0.233 e. The van der Waals surface area contributed by atoms with Gasteiger partial charge in [0.2, 0.25) is 11.8 Å². The number of rotatable bonds is 3. The second kappa shape index (κ2) is 7.78. The summed E-state index contributed by atoms with van der Waals surface area (Å²) >= 11 is 0. The molecule has 0 unspecified atom stereocenters. The van der Waals surface area contributed by atoms with Gasteiger partial charge in [0, 0.05) is 23.8 Å². The van der Waals surface area contributed by atoms with Crippen LogP contribution in [0.1, 0.15) is 45.6 Å². The second-order valence-corrected chi connectivity index (χ2v) is 9.68. The van der Waals surface area contributed by atoms with E-state index in [2.05, 4.69) is 5.16 Å². The van der Waals surface area contributed by atoms with Crippen LogP contribution in [0.5, 0.6) is 0 Å². The van der Waals surface area contributed by atoms with Crippen molar-refractivity contribution in [3.8, 4) is 0 Å². The third kappa shape index (κ3) is 3.54. The van der Waals surface area contributed by atoms with Crippen LogP contribution in [0.2, 0.25) is 0 Å². The standard InChI is InChI=1S/C23H30N2O5/c1-23(2,3)25-21(28)15-10-9-14-16(24-30-12-13-7-5-4-6-8-13)11-17(26)20(27)18(14)19(15)22(25)29/h4-8,14-15,17-20,26-27H,9-12H2,1-3H3/t14-,15-,17-,18+,19-,20-/m1/s1. The van der Waals surface area contributed by atoms with Crippen LogP contribution in [0, 0.1) is 23.7 Å². The number of carbonyl (C=O) groups excluding carboxylic acids is 2. The maximum absolute atomic E-state index is 13.3. The summed E-state index contributed by atoms with van der Waals surface area (Å²) in [6.45, 7) is 5.83. The molecule has 2 amide bonds. The first kappa shape index (κ1) is 21.0. The van der Waals surface area contributed by atoms with E-state index in [1.165, 1.54) is 4.90 Å². The summed E-state index contributed by atoms with van der Waals surface area (Å²) in [5.74, 6) is -2.19. The molecule has 6 atom stereocenters. The Hall–Kier alpha value is -2.25. The molecule has 162 valence electrons. The average Bonchev–Trinajstić information content (AvgIpc) is 2.96. The molecular weight excluding hydrogens is 384 g/mol. The molecule has 0 aromatic heterocycles. The molecule has 3 aliphatic rings. The first-order chi connectivity index (χ1) is 14.2. The summed E-state index contributed by atoms with van der Waals surface area (Å²) in [6, 6.07) is 9.66. The highest BCUT2D eigenvalue weighted by Crippen LogP contribution is 2.50. The zero-order chi connectivity index (χ0) is 21.6. The first-order valence-electron chi connectivity index (χ1n) is 10.7.